The molecule has 1 aromatic carbocycles. The van der Waals surface area contributed by atoms with Gasteiger partial charge in [-0.25, -0.2) is 4.98 Å². The molecule has 3 N–H and O–H groups in total. The van der Waals surface area contributed by atoms with E-state index in [0.29, 0.717) is 11.4 Å². The smallest absolute Gasteiger partial charge is 0.227 e. The second-order valence-corrected chi connectivity index (χ2v) is 6.91. The lowest BCUT2D eigenvalue weighted by molar-refractivity contribution is -0.120. The van der Waals surface area contributed by atoms with E-state index in [2.05, 4.69) is 36.1 Å². The highest BCUT2D eigenvalue weighted by Gasteiger charge is 2.26. The van der Waals surface area contributed by atoms with Crippen LogP contribution in [0.15, 0.2) is 35.2 Å². The number of nitrogens with one attached hydrogen (secondary N) is 1. The predicted molar refractivity (Wildman–Crippen MR) is 98.9 cm³/mol. The molecule has 2 heterocycles. The molecule has 1 aromatic heterocycles. The molecule has 7 heteroatoms. The molecule has 0 unspecified atom stereocenters. The molecule has 0 aliphatic carbocycles. The van der Waals surface area contributed by atoms with Crippen LogP contribution in [0.1, 0.15) is 18.4 Å². The lowest BCUT2D eigenvalue weighted by Crippen LogP contribution is -2.38. The Morgan fingerprint density at radius 3 is 2.75 bits per heavy atom. The van der Waals surface area contributed by atoms with Gasteiger partial charge in [0.2, 0.25) is 5.91 Å². The molecule has 3 rings (SSSR count). The van der Waals surface area contributed by atoms with Crippen molar-refractivity contribution in [1.82, 2.24) is 9.97 Å². The Hall–Kier alpha value is -2.15. The highest BCUT2D eigenvalue weighted by Crippen LogP contribution is 2.29. The highest BCUT2D eigenvalue weighted by atomic mass is 79.9. The fourth-order valence-corrected chi connectivity index (χ4v) is 3.49. The normalized spacial score (nSPS) is 15.3. The van der Waals surface area contributed by atoms with Gasteiger partial charge in [0.1, 0.15) is 5.82 Å². The number of aromatic nitrogens is 2. The maximum absolute atomic E-state index is 12.6. The Bertz CT molecular complexity index is 729. The minimum absolute atomic E-state index is 0.0170. The van der Waals surface area contributed by atoms with Gasteiger partial charge in [0.25, 0.3) is 0 Å². The van der Waals surface area contributed by atoms with Crippen molar-refractivity contribution in [2.45, 2.75) is 19.8 Å². The lowest BCUT2D eigenvalue weighted by atomic mass is 9.95. The van der Waals surface area contributed by atoms with Crippen LogP contribution in [0.4, 0.5) is 17.2 Å². The number of hydrogen-bond donors (Lipinski definition) is 2. The van der Waals surface area contributed by atoms with Crippen LogP contribution >= 0.6 is 15.9 Å². The van der Waals surface area contributed by atoms with Crippen molar-refractivity contribution in [3.8, 4) is 0 Å². The van der Waals surface area contributed by atoms with Crippen molar-refractivity contribution in [3.63, 3.8) is 0 Å². The Morgan fingerprint density at radius 2 is 2.08 bits per heavy atom. The molecule has 1 aliphatic heterocycles. The number of nitrogens with zero attached hydrogens (tertiary/aromatic N) is 3. The fraction of sp³-hybridized carbons (Fsp3) is 0.353. The summed E-state index contributed by atoms with van der Waals surface area (Å²) in [6.07, 6.45) is 6.68. The first kappa shape index (κ1) is 16.7. The second kappa shape index (κ2) is 7.17. The molecule has 0 bridgehead atoms. The second-order valence-electron chi connectivity index (χ2n) is 6.00. The summed E-state index contributed by atoms with van der Waals surface area (Å²) in [6, 6.07) is 3.78. The van der Waals surface area contributed by atoms with Crippen LogP contribution in [-0.4, -0.2) is 29.0 Å². The van der Waals surface area contributed by atoms with Crippen LogP contribution in [0.3, 0.4) is 0 Å². The van der Waals surface area contributed by atoms with Crippen molar-refractivity contribution in [2.75, 3.05) is 29.0 Å². The van der Waals surface area contributed by atoms with E-state index in [1.54, 1.807) is 18.6 Å². The summed E-state index contributed by atoms with van der Waals surface area (Å²) in [4.78, 5) is 23.1. The zero-order chi connectivity index (χ0) is 17.1. The summed E-state index contributed by atoms with van der Waals surface area (Å²) in [5, 5.41) is 2.98. The molecule has 1 fully saturated rings. The number of nitrogens with two attached hydrogens (primary N) is 1. The Morgan fingerprint density at radius 1 is 1.33 bits per heavy atom. The van der Waals surface area contributed by atoms with Crippen LogP contribution in [-0.2, 0) is 4.79 Å². The molecule has 1 amide bonds. The third kappa shape index (κ3) is 3.67. The summed E-state index contributed by atoms with van der Waals surface area (Å²) in [7, 11) is 0. The molecule has 1 saturated heterocycles. The molecule has 0 atom stereocenters. The van der Waals surface area contributed by atoms with E-state index in [0.717, 1.165) is 41.8 Å². The SMILES string of the molecule is Cc1cc(Br)cc(NC(=O)C2CCN(c3cnccn3)CC2)c1N. The summed E-state index contributed by atoms with van der Waals surface area (Å²) >= 11 is 3.44. The van der Waals surface area contributed by atoms with Crippen LogP contribution < -0.4 is 16.0 Å². The Kier molecular flexibility index (Phi) is 4.99. The Balaban J connectivity index is 1.62. The number of anilines is 3. The average Bonchev–Trinajstić information content (AvgIpc) is 2.60. The predicted octanol–water partition coefficient (Wildman–Crippen LogP) is 2.98. The maximum Gasteiger partial charge on any atom is 0.227 e. The summed E-state index contributed by atoms with van der Waals surface area (Å²) in [5.41, 5.74) is 8.29. The van der Waals surface area contributed by atoms with Gasteiger partial charge < -0.3 is 16.0 Å². The van der Waals surface area contributed by atoms with Crippen LogP contribution in [0.5, 0.6) is 0 Å². The molecular formula is C17H20BrN5O. The van der Waals surface area contributed by atoms with E-state index in [1.165, 1.54) is 0 Å². The maximum atomic E-state index is 12.6. The van der Waals surface area contributed by atoms with E-state index in [1.807, 2.05) is 19.1 Å². The number of hydrogen-bond acceptors (Lipinski definition) is 5. The minimum Gasteiger partial charge on any atom is -0.397 e. The summed E-state index contributed by atoms with van der Waals surface area (Å²) in [6.45, 7) is 3.52. The van der Waals surface area contributed by atoms with E-state index in [4.69, 9.17) is 5.73 Å². The van der Waals surface area contributed by atoms with E-state index < -0.39 is 0 Å². The van der Waals surface area contributed by atoms with Gasteiger partial charge in [0, 0.05) is 35.9 Å². The lowest BCUT2D eigenvalue weighted by Gasteiger charge is -2.32. The van der Waals surface area contributed by atoms with E-state index in [-0.39, 0.29) is 11.8 Å². The fourth-order valence-electron chi connectivity index (χ4n) is 2.92. The van der Waals surface area contributed by atoms with Crippen LogP contribution in [0.2, 0.25) is 0 Å². The van der Waals surface area contributed by atoms with Gasteiger partial charge in [-0.1, -0.05) is 15.9 Å². The van der Waals surface area contributed by atoms with Crippen molar-refractivity contribution < 1.29 is 4.79 Å². The topological polar surface area (TPSA) is 84.1 Å². The van der Waals surface area contributed by atoms with Gasteiger partial charge in [-0.3, -0.25) is 9.78 Å². The molecule has 0 saturated carbocycles. The standard InChI is InChI=1S/C17H20BrN5O/c1-11-8-13(18)9-14(16(11)19)22-17(24)12-2-6-23(7-3-12)15-10-20-4-5-21-15/h4-5,8-10,12H,2-3,6-7,19H2,1H3,(H,22,24). The quantitative estimate of drug-likeness (QED) is 0.788. The number of benzene rings is 1. The number of carbonyl (C=O) groups excluding carboxylic acids is 1. The number of aryl methyl sites for hydroxylation is 1. The van der Waals surface area contributed by atoms with Gasteiger partial charge in [0.05, 0.1) is 17.6 Å². The van der Waals surface area contributed by atoms with E-state index >= 15 is 0 Å². The van der Waals surface area contributed by atoms with Crippen LogP contribution in [0, 0.1) is 12.8 Å². The minimum atomic E-state index is -0.0170. The number of halogens is 1. The monoisotopic (exact) mass is 389 g/mol. The number of rotatable bonds is 3. The summed E-state index contributed by atoms with van der Waals surface area (Å²) < 4.78 is 0.905. The first-order valence-corrected chi connectivity index (χ1v) is 8.71. The zero-order valence-electron chi connectivity index (χ0n) is 13.5. The van der Waals surface area contributed by atoms with Crippen LogP contribution in [0.25, 0.3) is 0 Å². The van der Waals surface area contributed by atoms with Crippen molar-refractivity contribution in [1.29, 1.82) is 0 Å². The zero-order valence-corrected chi connectivity index (χ0v) is 15.1. The molecule has 2 aromatic rings. The average molecular weight is 390 g/mol. The number of amides is 1. The van der Waals surface area contributed by atoms with Crippen molar-refractivity contribution in [3.05, 3.63) is 40.8 Å². The largest absolute Gasteiger partial charge is 0.397 e. The van der Waals surface area contributed by atoms with Gasteiger partial charge in [-0.2, -0.15) is 0 Å². The number of piperidine rings is 1. The van der Waals surface area contributed by atoms with E-state index in [9.17, 15) is 4.79 Å². The first-order valence-electron chi connectivity index (χ1n) is 7.92. The molecule has 126 valence electrons. The van der Waals surface area contributed by atoms with Crippen molar-refractivity contribution >= 4 is 39.0 Å². The molecule has 0 radical (unpaired) electrons. The third-order valence-corrected chi connectivity index (χ3v) is 4.81. The molecule has 24 heavy (non-hydrogen) atoms. The van der Waals surface area contributed by atoms with Gasteiger partial charge >= 0.3 is 0 Å². The number of nitrogen functional groups attached to an aromatic ring is 1. The first-order chi connectivity index (χ1) is 11.5. The van der Waals surface area contributed by atoms with Crippen molar-refractivity contribution in [2.24, 2.45) is 5.92 Å². The van der Waals surface area contributed by atoms with Gasteiger partial charge in [0.15, 0.2) is 0 Å². The highest BCUT2D eigenvalue weighted by molar-refractivity contribution is 9.10. The summed E-state index contributed by atoms with van der Waals surface area (Å²) in [5.74, 6) is 0.873. The molecule has 1 aliphatic rings. The van der Waals surface area contributed by atoms with Gasteiger partial charge in [-0.05, 0) is 37.5 Å². The number of carbonyl (C=O) groups is 1. The molecule has 0 spiro atoms. The molecular weight excluding hydrogens is 370 g/mol. The Labute approximate surface area is 149 Å². The molecule has 6 nitrogen and oxygen atoms in total. The third-order valence-electron chi connectivity index (χ3n) is 4.35. The van der Waals surface area contributed by atoms with Gasteiger partial charge in [-0.15, -0.1) is 0 Å².